The minimum atomic E-state index is -0.200. The van der Waals surface area contributed by atoms with E-state index in [0.29, 0.717) is 12.1 Å². The Bertz CT molecular complexity index is 531. The van der Waals surface area contributed by atoms with Gasteiger partial charge >= 0.3 is 0 Å². The maximum absolute atomic E-state index is 13.2. The summed E-state index contributed by atoms with van der Waals surface area (Å²) >= 11 is 0. The molecule has 0 aliphatic rings. The lowest BCUT2D eigenvalue weighted by atomic mass is 10.2. The quantitative estimate of drug-likeness (QED) is 0.820. The molecular formula is C13H14FN3. The van der Waals surface area contributed by atoms with Gasteiger partial charge < -0.3 is 5.32 Å². The third kappa shape index (κ3) is 2.36. The van der Waals surface area contributed by atoms with Crippen LogP contribution in [0.2, 0.25) is 0 Å². The van der Waals surface area contributed by atoms with Crippen LogP contribution < -0.4 is 5.32 Å². The highest BCUT2D eigenvalue weighted by atomic mass is 19.1. The zero-order chi connectivity index (χ0) is 12.3. The van der Waals surface area contributed by atoms with E-state index < -0.39 is 0 Å². The molecule has 0 atom stereocenters. The average Bonchev–Trinajstić information content (AvgIpc) is 2.78. The molecule has 0 saturated carbocycles. The van der Waals surface area contributed by atoms with Crippen LogP contribution in [-0.2, 0) is 0 Å². The number of nitrogens with zero attached hydrogens (tertiary/aromatic N) is 2. The molecule has 0 saturated heterocycles. The number of hydrogen-bond donors (Lipinski definition) is 1. The summed E-state index contributed by atoms with van der Waals surface area (Å²) in [6.07, 6.45) is 5.29. The Kier molecular flexibility index (Phi) is 3.23. The SMILES string of the molecule is C=CCNc1nccn1-c1ccc(F)c(C)c1. The molecule has 0 amide bonds. The molecule has 17 heavy (non-hydrogen) atoms. The van der Waals surface area contributed by atoms with E-state index in [1.54, 1.807) is 31.3 Å². The fraction of sp³-hybridized carbons (Fsp3) is 0.154. The summed E-state index contributed by atoms with van der Waals surface area (Å²) in [5.74, 6) is 0.519. The van der Waals surface area contributed by atoms with Crippen molar-refractivity contribution in [2.75, 3.05) is 11.9 Å². The topological polar surface area (TPSA) is 29.9 Å². The molecule has 0 aliphatic heterocycles. The predicted octanol–water partition coefficient (Wildman–Crippen LogP) is 2.92. The van der Waals surface area contributed by atoms with E-state index >= 15 is 0 Å². The van der Waals surface area contributed by atoms with Crippen LogP contribution in [0.5, 0.6) is 0 Å². The number of aromatic nitrogens is 2. The largest absolute Gasteiger partial charge is 0.352 e. The van der Waals surface area contributed by atoms with Gasteiger partial charge in [-0.15, -0.1) is 6.58 Å². The molecule has 0 spiro atoms. The normalized spacial score (nSPS) is 10.2. The van der Waals surface area contributed by atoms with Crippen LogP contribution in [0.3, 0.4) is 0 Å². The first kappa shape index (κ1) is 11.4. The van der Waals surface area contributed by atoms with Crippen molar-refractivity contribution in [2.24, 2.45) is 0 Å². The van der Waals surface area contributed by atoms with Gasteiger partial charge in [0.25, 0.3) is 0 Å². The number of anilines is 1. The molecule has 2 rings (SSSR count). The Labute approximate surface area is 99.6 Å². The van der Waals surface area contributed by atoms with Crippen LogP contribution in [-0.4, -0.2) is 16.1 Å². The first-order chi connectivity index (χ1) is 8.22. The first-order valence-electron chi connectivity index (χ1n) is 5.37. The molecule has 1 heterocycles. The van der Waals surface area contributed by atoms with Crippen molar-refractivity contribution in [1.29, 1.82) is 0 Å². The summed E-state index contributed by atoms with van der Waals surface area (Å²) in [4.78, 5) is 4.19. The van der Waals surface area contributed by atoms with Crippen molar-refractivity contribution in [3.05, 3.63) is 54.6 Å². The molecule has 1 aromatic heterocycles. The fourth-order valence-electron chi connectivity index (χ4n) is 1.58. The number of aryl methyl sites for hydroxylation is 1. The Balaban J connectivity index is 2.35. The minimum absolute atomic E-state index is 0.200. The molecule has 88 valence electrons. The van der Waals surface area contributed by atoms with E-state index in [1.165, 1.54) is 6.07 Å². The standard InChI is InChI=1S/C13H14FN3/c1-3-6-15-13-16-7-8-17(13)11-4-5-12(14)10(2)9-11/h3-5,7-9H,1,6H2,2H3,(H,15,16). The second-order valence-electron chi connectivity index (χ2n) is 3.72. The van der Waals surface area contributed by atoms with Crippen LogP contribution in [0.25, 0.3) is 5.69 Å². The van der Waals surface area contributed by atoms with E-state index in [1.807, 2.05) is 10.8 Å². The van der Waals surface area contributed by atoms with Gasteiger partial charge in [0.1, 0.15) is 5.82 Å². The van der Waals surface area contributed by atoms with Crippen molar-refractivity contribution in [2.45, 2.75) is 6.92 Å². The lowest BCUT2D eigenvalue weighted by Gasteiger charge is -2.09. The van der Waals surface area contributed by atoms with Gasteiger partial charge in [-0.25, -0.2) is 9.37 Å². The monoisotopic (exact) mass is 231 g/mol. The molecular weight excluding hydrogens is 217 g/mol. The van der Waals surface area contributed by atoms with Gasteiger partial charge in [0.2, 0.25) is 5.95 Å². The van der Waals surface area contributed by atoms with Crippen LogP contribution in [0, 0.1) is 12.7 Å². The minimum Gasteiger partial charge on any atom is -0.352 e. The smallest absolute Gasteiger partial charge is 0.207 e. The van der Waals surface area contributed by atoms with E-state index in [4.69, 9.17) is 0 Å². The second kappa shape index (κ2) is 4.82. The highest BCUT2D eigenvalue weighted by molar-refractivity contribution is 5.44. The summed E-state index contributed by atoms with van der Waals surface area (Å²) in [6.45, 7) is 6.02. The van der Waals surface area contributed by atoms with Crippen molar-refractivity contribution >= 4 is 5.95 Å². The molecule has 0 radical (unpaired) electrons. The van der Waals surface area contributed by atoms with Gasteiger partial charge in [-0.1, -0.05) is 6.08 Å². The Morgan fingerprint density at radius 1 is 1.53 bits per heavy atom. The number of hydrogen-bond acceptors (Lipinski definition) is 2. The molecule has 1 N–H and O–H groups in total. The molecule has 0 fully saturated rings. The lowest BCUT2D eigenvalue weighted by Crippen LogP contribution is -2.05. The third-order valence-electron chi connectivity index (χ3n) is 2.46. The molecule has 0 aliphatic carbocycles. The van der Waals surface area contributed by atoms with Crippen molar-refractivity contribution in [3.63, 3.8) is 0 Å². The molecule has 3 nitrogen and oxygen atoms in total. The highest BCUT2D eigenvalue weighted by Gasteiger charge is 2.05. The fourth-order valence-corrected chi connectivity index (χ4v) is 1.58. The van der Waals surface area contributed by atoms with E-state index in [2.05, 4.69) is 16.9 Å². The van der Waals surface area contributed by atoms with Gasteiger partial charge in [-0.2, -0.15) is 0 Å². The third-order valence-corrected chi connectivity index (χ3v) is 2.46. The van der Waals surface area contributed by atoms with Crippen molar-refractivity contribution in [1.82, 2.24) is 9.55 Å². The van der Waals surface area contributed by atoms with E-state index in [9.17, 15) is 4.39 Å². The molecule has 1 aromatic carbocycles. The maximum Gasteiger partial charge on any atom is 0.207 e. The Morgan fingerprint density at radius 2 is 2.35 bits per heavy atom. The number of imidazole rings is 1. The average molecular weight is 231 g/mol. The number of nitrogens with one attached hydrogen (secondary N) is 1. The Morgan fingerprint density at radius 3 is 3.06 bits per heavy atom. The molecule has 2 aromatic rings. The number of rotatable bonds is 4. The summed E-state index contributed by atoms with van der Waals surface area (Å²) in [5, 5.41) is 3.12. The number of halogens is 1. The van der Waals surface area contributed by atoms with E-state index in [-0.39, 0.29) is 5.82 Å². The van der Waals surface area contributed by atoms with Gasteiger partial charge in [-0.3, -0.25) is 4.57 Å². The maximum atomic E-state index is 13.2. The Hall–Kier alpha value is -2.10. The van der Waals surface area contributed by atoms with Crippen LogP contribution >= 0.6 is 0 Å². The van der Waals surface area contributed by atoms with Gasteiger partial charge in [-0.05, 0) is 30.7 Å². The summed E-state index contributed by atoms with van der Waals surface area (Å²) in [5.41, 5.74) is 1.50. The highest BCUT2D eigenvalue weighted by Crippen LogP contribution is 2.17. The molecule has 4 heteroatoms. The van der Waals surface area contributed by atoms with Crippen LogP contribution in [0.15, 0.2) is 43.2 Å². The van der Waals surface area contributed by atoms with Crippen LogP contribution in [0.1, 0.15) is 5.56 Å². The summed E-state index contributed by atoms with van der Waals surface area (Å²) in [7, 11) is 0. The first-order valence-corrected chi connectivity index (χ1v) is 5.37. The molecule has 0 bridgehead atoms. The van der Waals surface area contributed by atoms with Gasteiger partial charge in [0.15, 0.2) is 0 Å². The van der Waals surface area contributed by atoms with Crippen molar-refractivity contribution < 1.29 is 4.39 Å². The number of benzene rings is 1. The van der Waals surface area contributed by atoms with Crippen LogP contribution in [0.4, 0.5) is 10.3 Å². The van der Waals surface area contributed by atoms with E-state index in [0.717, 1.165) is 11.6 Å². The lowest BCUT2D eigenvalue weighted by molar-refractivity contribution is 0.618. The van der Waals surface area contributed by atoms with Crippen molar-refractivity contribution in [3.8, 4) is 5.69 Å². The summed E-state index contributed by atoms with van der Waals surface area (Å²) in [6, 6.07) is 4.97. The molecule has 0 unspecified atom stereocenters. The second-order valence-corrected chi connectivity index (χ2v) is 3.72. The van der Waals surface area contributed by atoms with Gasteiger partial charge in [0.05, 0.1) is 0 Å². The summed E-state index contributed by atoms with van der Waals surface area (Å²) < 4.78 is 15.1. The zero-order valence-corrected chi connectivity index (χ0v) is 9.65. The van der Waals surface area contributed by atoms with Gasteiger partial charge in [0, 0.05) is 24.6 Å². The zero-order valence-electron chi connectivity index (χ0n) is 9.65. The predicted molar refractivity (Wildman–Crippen MR) is 66.9 cm³/mol.